The number of halogens is 1. The van der Waals surface area contributed by atoms with E-state index < -0.39 is 0 Å². The van der Waals surface area contributed by atoms with E-state index >= 15 is 0 Å². The molecule has 90 valence electrons. The molecule has 1 N–H and O–H groups in total. The summed E-state index contributed by atoms with van der Waals surface area (Å²) in [4.78, 5) is 0. The van der Waals surface area contributed by atoms with E-state index in [0.717, 1.165) is 12.2 Å². The van der Waals surface area contributed by atoms with Crippen LogP contribution in [-0.4, -0.2) is 13.2 Å². The lowest BCUT2D eigenvalue weighted by molar-refractivity contribution is 0.217. The van der Waals surface area contributed by atoms with Crippen LogP contribution in [0.15, 0.2) is 18.2 Å². The molecule has 0 amide bonds. The molecule has 0 bridgehead atoms. The van der Waals surface area contributed by atoms with Crippen LogP contribution in [0.4, 0.5) is 0 Å². The second-order valence-corrected chi connectivity index (χ2v) is 4.44. The molecule has 2 atom stereocenters. The zero-order valence-corrected chi connectivity index (χ0v) is 11.1. The summed E-state index contributed by atoms with van der Waals surface area (Å²) in [6, 6.07) is 6.25. The smallest absolute Gasteiger partial charge is 0.138 e. The minimum absolute atomic E-state index is 0.199. The number of benzene rings is 1. The first-order valence-corrected chi connectivity index (χ1v) is 6.09. The van der Waals surface area contributed by atoms with Gasteiger partial charge in [-0.2, -0.15) is 0 Å². The molecule has 0 saturated carbocycles. The van der Waals surface area contributed by atoms with Gasteiger partial charge in [-0.15, -0.1) is 0 Å². The summed E-state index contributed by atoms with van der Waals surface area (Å²) >= 11 is 6.18. The Labute approximate surface area is 103 Å². The van der Waals surface area contributed by atoms with Crippen LogP contribution >= 0.6 is 11.6 Å². The van der Waals surface area contributed by atoms with Crippen molar-refractivity contribution in [2.75, 3.05) is 7.05 Å². The maximum Gasteiger partial charge on any atom is 0.138 e. The van der Waals surface area contributed by atoms with Crippen molar-refractivity contribution in [1.29, 1.82) is 0 Å². The fourth-order valence-corrected chi connectivity index (χ4v) is 1.58. The van der Waals surface area contributed by atoms with Crippen molar-refractivity contribution < 1.29 is 4.74 Å². The average molecular weight is 242 g/mol. The van der Waals surface area contributed by atoms with Gasteiger partial charge in [-0.1, -0.05) is 24.6 Å². The van der Waals surface area contributed by atoms with Crippen LogP contribution in [0, 0.1) is 0 Å². The Morgan fingerprint density at radius 1 is 1.38 bits per heavy atom. The summed E-state index contributed by atoms with van der Waals surface area (Å²) in [6.45, 7) is 6.23. The van der Waals surface area contributed by atoms with Gasteiger partial charge < -0.3 is 10.1 Å². The lowest BCUT2D eigenvalue weighted by Crippen LogP contribution is -2.13. The molecule has 0 saturated heterocycles. The minimum Gasteiger partial charge on any atom is -0.489 e. The number of nitrogens with one attached hydrogen (secondary N) is 1. The lowest BCUT2D eigenvalue weighted by atomic mass is 10.1. The minimum atomic E-state index is 0.199. The van der Waals surface area contributed by atoms with Crippen molar-refractivity contribution >= 4 is 11.6 Å². The Morgan fingerprint density at radius 3 is 2.56 bits per heavy atom. The van der Waals surface area contributed by atoms with E-state index in [2.05, 4.69) is 19.2 Å². The van der Waals surface area contributed by atoms with Crippen LogP contribution in [0.3, 0.4) is 0 Å². The molecule has 0 aromatic heterocycles. The Morgan fingerprint density at radius 2 is 2.06 bits per heavy atom. The van der Waals surface area contributed by atoms with Crippen molar-refractivity contribution in [2.45, 2.75) is 39.3 Å². The van der Waals surface area contributed by atoms with E-state index in [9.17, 15) is 0 Å². The van der Waals surface area contributed by atoms with E-state index in [4.69, 9.17) is 16.3 Å². The predicted octanol–water partition coefficient (Wildman–Crippen LogP) is 3.80. The molecular weight excluding hydrogens is 222 g/mol. The van der Waals surface area contributed by atoms with Gasteiger partial charge in [0.15, 0.2) is 0 Å². The molecule has 3 heteroatoms. The van der Waals surface area contributed by atoms with Gasteiger partial charge in [0.2, 0.25) is 0 Å². The first-order valence-electron chi connectivity index (χ1n) is 5.71. The molecular formula is C13H20ClNO. The molecule has 16 heavy (non-hydrogen) atoms. The van der Waals surface area contributed by atoms with Crippen LogP contribution in [0.25, 0.3) is 0 Å². The van der Waals surface area contributed by atoms with Crippen LogP contribution in [0.1, 0.15) is 38.8 Å². The Balaban J connectivity index is 2.83. The van der Waals surface area contributed by atoms with Crippen molar-refractivity contribution in [3.05, 3.63) is 28.8 Å². The lowest BCUT2D eigenvalue weighted by Gasteiger charge is -2.16. The second-order valence-electron chi connectivity index (χ2n) is 4.04. The highest BCUT2D eigenvalue weighted by Crippen LogP contribution is 2.28. The number of ether oxygens (including phenoxy) is 1. The normalized spacial score (nSPS) is 14.6. The van der Waals surface area contributed by atoms with E-state index in [0.29, 0.717) is 11.1 Å². The number of hydrogen-bond acceptors (Lipinski definition) is 2. The van der Waals surface area contributed by atoms with E-state index in [1.54, 1.807) is 0 Å². The molecule has 0 radical (unpaired) electrons. The Bertz CT molecular complexity index is 341. The van der Waals surface area contributed by atoms with E-state index in [-0.39, 0.29) is 6.10 Å². The van der Waals surface area contributed by atoms with Gasteiger partial charge in [-0.05, 0) is 45.0 Å². The summed E-state index contributed by atoms with van der Waals surface area (Å²) in [5.74, 6) is 0.767. The number of hydrogen-bond donors (Lipinski definition) is 1. The summed E-state index contributed by atoms with van der Waals surface area (Å²) in [5.41, 5.74) is 1.17. The molecule has 2 unspecified atom stereocenters. The molecule has 0 aliphatic heterocycles. The maximum absolute atomic E-state index is 6.18. The van der Waals surface area contributed by atoms with E-state index in [1.807, 2.05) is 32.2 Å². The SMILES string of the molecule is CCC(C)Oc1ccc(C(C)NC)cc1Cl. The molecule has 0 fully saturated rings. The summed E-state index contributed by atoms with van der Waals surface area (Å²) in [6.07, 6.45) is 1.18. The average Bonchev–Trinajstić information content (AvgIpc) is 2.30. The molecule has 2 nitrogen and oxygen atoms in total. The fraction of sp³-hybridized carbons (Fsp3) is 0.538. The zero-order chi connectivity index (χ0) is 12.1. The first kappa shape index (κ1) is 13.3. The molecule has 1 aromatic carbocycles. The van der Waals surface area contributed by atoms with Gasteiger partial charge in [0.05, 0.1) is 11.1 Å². The molecule has 1 rings (SSSR count). The Kier molecular flexibility index (Phi) is 5.10. The topological polar surface area (TPSA) is 21.3 Å². The predicted molar refractivity (Wildman–Crippen MR) is 69.3 cm³/mol. The molecule has 1 aromatic rings. The van der Waals surface area contributed by atoms with Gasteiger partial charge in [0, 0.05) is 6.04 Å². The van der Waals surface area contributed by atoms with Gasteiger partial charge in [-0.3, -0.25) is 0 Å². The van der Waals surface area contributed by atoms with Crippen LogP contribution < -0.4 is 10.1 Å². The monoisotopic (exact) mass is 241 g/mol. The van der Waals surface area contributed by atoms with Crippen LogP contribution in [0.5, 0.6) is 5.75 Å². The van der Waals surface area contributed by atoms with Crippen molar-refractivity contribution in [2.24, 2.45) is 0 Å². The van der Waals surface area contributed by atoms with Gasteiger partial charge in [0.25, 0.3) is 0 Å². The molecule has 0 aliphatic rings. The maximum atomic E-state index is 6.18. The first-order chi connectivity index (χ1) is 7.58. The summed E-state index contributed by atoms with van der Waals surface area (Å²) < 4.78 is 5.71. The number of rotatable bonds is 5. The quantitative estimate of drug-likeness (QED) is 0.847. The van der Waals surface area contributed by atoms with Gasteiger partial charge in [-0.25, -0.2) is 0 Å². The fourth-order valence-electron chi connectivity index (χ4n) is 1.35. The molecule has 0 aliphatic carbocycles. The third-order valence-corrected chi connectivity index (χ3v) is 3.09. The standard InChI is InChI=1S/C13H20ClNO/c1-5-9(2)16-13-7-6-11(8-12(13)14)10(3)15-4/h6-10,15H,5H2,1-4H3. The second kappa shape index (κ2) is 6.12. The highest BCUT2D eigenvalue weighted by atomic mass is 35.5. The van der Waals surface area contributed by atoms with Crippen LogP contribution in [0.2, 0.25) is 5.02 Å². The van der Waals surface area contributed by atoms with Crippen LogP contribution in [-0.2, 0) is 0 Å². The summed E-state index contributed by atoms with van der Waals surface area (Å²) in [5, 5.41) is 3.86. The Hall–Kier alpha value is -0.730. The van der Waals surface area contributed by atoms with Crippen molar-refractivity contribution in [3.8, 4) is 5.75 Å². The van der Waals surface area contributed by atoms with Crippen molar-refractivity contribution in [1.82, 2.24) is 5.32 Å². The molecule has 0 heterocycles. The van der Waals surface area contributed by atoms with Gasteiger partial charge >= 0.3 is 0 Å². The van der Waals surface area contributed by atoms with Gasteiger partial charge in [0.1, 0.15) is 5.75 Å². The third kappa shape index (κ3) is 3.39. The van der Waals surface area contributed by atoms with Crippen molar-refractivity contribution in [3.63, 3.8) is 0 Å². The third-order valence-electron chi connectivity index (χ3n) is 2.79. The zero-order valence-electron chi connectivity index (χ0n) is 10.4. The van der Waals surface area contributed by atoms with E-state index in [1.165, 1.54) is 5.56 Å². The molecule has 0 spiro atoms. The highest BCUT2D eigenvalue weighted by Gasteiger charge is 2.09. The largest absolute Gasteiger partial charge is 0.489 e. The highest BCUT2D eigenvalue weighted by molar-refractivity contribution is 6.32. The summed E-state index contributed by atoms with van der Waals surface area (Å²) in [7, 11) is 1.93.